The normalized spacial score (nSPS) is 18.1. The average molecular weight is 313 g/mol. The molecule has 0 aromatic heterocycles. The number of ether oxygens (including phenoxy) is 2. The topological polar surface area (TPSA) is 71.0 Å². The minimum absolute atomic E-state index is 0.119. The van der Waals surface area contributed by atoms with E-state index in [9.17, 15) is 10.2 Å². The number of fused-ring (bicyclic) bond motifs is 2. The van der Waals surface area contributed by atoms with Crippen LogP contribution < -0.4 is 14.8 Å². The van der Waals surface area contributed by atoms with Crippen molar-refractivity contribution >= 4 is 0 Å². The Morgan fingerprint density at radius 1 is 1.04 bits per heavy atom. The third-order valence-corrected chi connectivity index (χ3v) is 4.84. The number of nitrogens with one attached hydrogen (secondary N) is 1. The monoisotopic (exact) mass is 313 g/mol. The van der Waals surface area contributed by atoms with E-state index in [-0.39, 0.29) is 17.5 Å². The first kappa shape index (κ1) is 14.2. The molecular weight excluding hydrogens is 294 g/mol. The highest BCUT2D eigenvalue weighted by Crippen LogP contribution is 2.51. The van der Waals surface area contributed by atoms with Crippen LogP contribution in [0.25, 0.3) is 11.1 Å². The van der Waals surface area contributed by atoms with Crippen LogP contribution in [0.2, 0.25) is 0 Å². The molecule has 4 rings (SSSR count). The maximum atomic E-state index is 10.7. The van der Waals surface area contributed by atoms with Gasteiger partial charge in [-0.2, -0.15) is 0 Å². The molecule has 0 fully saturated rings. The molecule has 0 radical (unpaired) electrons. The Labute approximate surface area is 134 Å². The van der Waals surface area contributed by atoms with Gasteiger partial charge in [0.1, 0.15) is 0 Å². The van der Waals surface area contributed by atoms with E-state index in [4.69, 9.17) is 9.47 Å². The van der Waals surface area contributed by atoms with Crippen molar-refractivity contribution in [2.24, 2.45) is 0 Å². The van der Waals surface area contributed by atoms with Gasteiger partial charge in [-0.25, -0.2) is 0 Å². The van der Waals surface area contributed by atoms with Gasteiger partial charge in [0.2, 0.25) is 0 Å². The van der Waals surface area contributed by atoms with Crippen LogP contribution in [-0.4, -0.2) is 31.0 Å². The minimum atomic E-state index is 0.119. The number of phenolic OH excluding ortho intramolecular Hbond substituents is 2. The first-order valence-corrected chi connectivity index (χ1v) is 7.70. The van der Waals surface area contributed by atoms with Crippen LogP contribution in [0.4, 0.5) is 0 Å². The molecule has 1 aliphatic heterocycles. The summed E-state index contributed by atoms with van der Waals surface area (Å²) in [5, 5.41) is 24.3. The molecule has 23 heavy (non-hydrogen) atoms. The Kier molecular flexibility index (Phi) is 3.13. The average Bonchev–Trinajstić information content (AvgIpc) is 2.56. The molecule has 2 aromatic carbocycles. The van der Waals surface area contributed by atoms with Gasteiger partial charge >= 0.3 is 0 Å². The molecule has 0 saturated carbocycles. The van der Waals surface area contributed by atoms with E-state index < -0.39 is 0 Å². The summed E-state index contributed by atoms with van der Waals surface area (Å²) in [6.07, 6.45) is 1.68. The third-order valence-electron chi connectivity index (χ3n) is 4.84. The van der Waals surface area contributed by atoms with E-state index in [1.165, 1.54) is 12.7 Å². The number of benzene rings is 2. The zero-order valence-electron chi connectivity index (χ0n) is 13.1. The molecular formula is C18H19NO4. The van der Waals surface area contributed by atoms with Gasteiger partial charge in [-0.05, 0) is 59.8 Å². The van der Waals surface area contributed by atoms with Gasteiger partial charge < -0.3 is 25.0 Å². The zero-order valence-corrected chi connectivity index (χ0v) is 13.1. The van der Waals surface area contributed by atoms with Gasteiger partial charge in [-0.15, -0.1) is 0 Å². The highest BCUT2D eigenvalue weighted by molar-refractivity contribution is 5.84. The van der Waals surface area contributed by atoms with Gasteiger partial charge in [0, 0.05) is 11.6 Å². The maximum Gasteiger partial charge on any atom is 0.166 e. The molecule has 3 N–H and O–H groups in total. The minimum Gasteiger partial charge on any atom is -0.504 e. The van der Waals surface area contributed by atoms with E-state index >= 15 is 0 Å². The first-order chi connectivity index (χ1) is 11.1. The number of rotatable bonds is 2. The third kappa shape index (κ3) is 1.96. The molecule has 2 aliphatic rings. The van der Waals surface area contributed by atoms with Crippen molar-refractivity contribution in [2.75, 3.05) is 20.8 Å². The first-order valence-electron chi connectivity index (χ1n) is 7.70. The molecule has 1 atom stereocenters. The van der Waals surface area contributed by atoms with E-state index in [0.717, 1.165) is 41.6 Å². The quantitative estimate of drug-likeness (QED) is 0.795. The van der Waals surface area contributed by atoms with Crippen LogP contribution in [0.5, 0.6) is 23.0 Å². The number of phenols is 2. The van der Waals surface area contributed by atoms with Crippen molar-refractivity contribution in [1.29, 1.82) is 0 Å². The van der Waals surface area contributed by atoms with Crippen LogP contribution in [0.3, 0.4) is 0 Å². The van der Waals surface area contributed by atoms with Gasteiger partial charge in [-0.1, -0.05) is 0 Å². The van der Waals surface area contributed by atoms with Gasteiger partial charge in [0.25, 0.3) is 0 Å². The lowest BCUT2D eigenvalue weighted by molar-refractivity contribution is 0.368. The predicted molar refractivity (Wildman–Crippen MR) is 86.5 cm³/mol. The summed E-state index contributed by atoms with van der Waals surface area (Å²) in [5.74, 6) is 1.16. The Balaban J connectivity index is 2.06. The van der Waals surface area contributed by atoms with Crippen molar-refractivity contribution in [3.05, 3.63) is 34.9 Å². The standard InChI is InChI=1S/C18H19NO4/c1-22-14-8-11-10(6-13(14)20)5-12-16-9(3-4-19-12)7-15(23-2)18(21)17(11)16/h6-8,12,19-21H,3-5H2,1-2H3/t12-/m1/s1. The number of hydrogen-bond acceptors (Lipinski definition) is 5. The van der Waals surface area contributed by atoms with Crippen molar-refractivity contribution < 1.29 is 19.7 Å². The van der Waals surface area contributed by atoms with Crippen LogP contribution in [0.1, 0.15) is 22.7 Å². The summed E-state index contributed by atoms with van der Waals surface area (Å²) in [7, 11) is 3.09. The SMILES string of the molecule is COc1cc2c(cc1O)C[C@H]1NCCc3cc(OC)c(O)c-2c31. The van der Waals surface area contributed by atoms with Crippen LogP contribution in [0, 0.1) is 0 Å². The van der Waals surface area contributed by atoms with Gasteiger partial charge in [-0.3, -0.25) is 0 Å². The highest BCUT2D eigenvalue weighted by Gasteiger charge is 2.33. The fraction of sp³-hybridized carbons (Fsp3) is 0.333. The smallest absolute Gasteiger partial charge is 0.166 e. The lowest BCUT2D eigenvalue weighted by Gasteiger charge is -2.35. The Morgan fingerprint density at radius 2 is 1.83 bits per heavy atom. The fourth-order valence-electron chi connectivity index (χ4n) is 3.80. The summed E-state index contributed by atoms with van der Waals surface area (Å²) in [5.41, 5.74) is 5.01. The molecule has 1 heterocycles. The molecule has 5 heteroatoms. The number of hydrogen-bond donors (Lipinski definition) is 3. The second-order valence-electron chi connectivity index (χ2n) is 6.02. The van der Waals surface area contributed by atoms with Crippen molar-refractivity contribution in [3.8, 4) is 34.1 Å². The Hall–Kier alpha value is -2.40. The molecule has 2 aromatic rings. The summed E-state index contributed by atoms with van der Waals surface area (Å²) in [6, 6.07) is 5.60. The maximum absolute atomic E-state index is 10.7. The molecule has 0 spiro atoms. The summed E-state index contributed by atoms with van der Waals surface area (Å²) < 4.78 is 10.6. The lowest BCUT2D eigenvalue weighted by Crippen LogP contribution is -2.33. The van der Waals surface area contributed by atoms with Gasteiger partial charge in [0.15, 0.2) is 23.0 Å². The Bertz CT molecular complexity index is 800. The van der Waals surface area contributed by atoms with Gasteiger partial charge in [0.05, 0.1) is 14.2 Å². The van der Waals surface area contributed by atoms with Crippen molar-refractivity contribution in [3.63, 3.8) is 0 Å². The summed E-state index contributed by atoms with van der Waals surface area (Å²) in [4.78, 5) is 0. The van der Waals surface area contributed by atoms with Crippen LogP contribution in [0.15, 0.2) is 18.2 Å². The molecule has 120 valence electrons. The highest BCUT2D eigenvalue weighted by atomic mass is 16.5. The molecule has 0 bridgehead atoms. The van der Waals surface area contributed by atoms with Crippen molar-refractivity contribution in [2.45, 2.75) is 18.9 Å². The molecule has 1 aliphatic carbocycles. The lowest BCUT2D eigenvalue weighted by atomic mass is 9.77. The molecule has 0 amide bonds. The van der Waals surface area contributed by atoms with E-state index in [1.54, 1.807) is 19.2 Å². The fourth-order valence-corrected chi connectivity index (χ4v) is 3.80. The van der Waals surface area contributed by atoms with Crippen molar-refractivity contribution in [1.82, 2.24) is 5.32 Å². The molecule has 0 unspecified atom stereocenters. The second-order valence-corrected chi connectivity index (χ2v) is 6.02. The zero-order chi connectivity index (χ0) is 16.1. The van der Waals surface area contributed by atoms with E-state index in [2.05, 4.69) is 5.32 Å². The summed E-state index contributed by atoms with van der Waals surface area (Å²) in [6.45, 7) is 0.891. The molecule has 0 saturated heterocycles. The Morgan fingerprint density at radius 3 is 2.57 bits per heavy atom. The van der Waals surface area contributed by atoms with Crippen LogP contribution >= 0.6 is 0 Å². The molecule has 5 nitrogen and oxygen atoms in total. The number of methoxy groups -OCH3 is 2. The second kappa shape index (κ2) is 5.06. The number of aromatic hydroxyl groups is 2. The van der Waals surface area contributed by atoms with E-state index in [1.807, 2.05) is 6.07 Å². The van der Waals surface area contributed by atoms with Crippen LogP contribution in [-0.2, 0) is 12.8 Å². The summed E-state index contributed by atoms with van der Waals surface area (Å²) >= 11 is 0. The predicted octanol–water partition coefficient (Wildman–Crippen LogP) is 2.52. The largest absolute Gasteiger partial charge is 0.504 e. The van der Waals surface area contributed by atoms with E-state index in [0.29, 0.717) is 11.5 Å².